The second-order valence-corrected chi connectivity index (χ2v) is 7.25. The molecule has 0 saturated carbocycles. The molecule has 1 heterocycles. The molecule has 1 aliphatic heterocycles. The molecule has 1 fully saturated rings. The summed E-state index contributed by atoms with van der Waals surface area (Å²) in [5.41, 5.74) is 1.54. The molecule has 1 saturated heterocycles. The zero-order valence-electron chi connectivity index (χ0n) is 15.2. The summed E-state index contributed by atoms with van der Waals surface area (Å²) >= 11 is 5.83. The molecule has 0 radical (unpaired) electrons. The number of hydrogen-bond donors (Lipinski definition) is 0. The van der Waals surface area contributed by atoms with Crippen LogP contribution < -0.4 is 0 Å². The molecule has 1 aliphatic rings. The lowest BCUT2D eigenvalue weighted by atomic mass is 10.0. The molecule has 0 spiro atoms. The van der Waals surface area contributed by atoms with Crippen molar-refractivity contribution >= 4 is 23.3 Å². The van der Waals surface area contributed by atoms with E-state index in [2.05, 4.69) is 4.90 Å². The number of benzene rings is 2. The summed E-state index contributed by atoms with van der Waals surface area (Å²) in [6, 6.07) is 13.1. The maximum Gasteiger partial charge on any atom is 0.223 e. The second-order valence-electron chi connectivity index (χ2n) is 6.82. The van der Waals surface area contributed by atoms with Crippen LogP contribution in [0.5, 0.6) is 0 Å². The van der Waals surface area contributed by atoms with Gasteiger partial charge < -0.3 is 4.90 Å². The summed E-state index contributed by atoms with van der Waals surface area (Å²) in [6.07, 6.45) is 0.356. The summed E-state index contributed by atoms with van der Waals surface area (Å²) in [6.45, 7) is 1.90. The van der Waals surface area contributed by atoms with Gasteiger partial charge in [0.05, 0.1) is 6.04 Å². The molecule has 27 heavy (non-hydrogen) atoms. The smallest absolute Gasteiger partial charge is 0.223 e. The molecular formula is C21H22ClFN2O2. The molecule has 6 heteroatoms. The van der Waals surface area contributed by atoms with E-state index < -0.39 is 0 Å². The zero-order valence-corrected chi connectivity index (χ0v) is 16.0. The first kappa shape index (κ1) is 19.5. The van der Waals surface area contributed by atoms with Crippen molar-refractivity contribution < 1.29 is 14.0 Å². The first-order chi connectivity index (χ1) is 12.9. The lowest BCUT2D eigenvalue weighted by Gasteiger charge is -2.39. The Morgan fingerprint density at radius 2 is 1.70 bits per heavy atom. The van der Waals surface area contributed by atoms with Crippen LogP contribution in [-0.4, -0.2) is 48.2 Å². The molecule has 4 nitrogen and oxygen atoms in total. The summed E-state index contributed by atoms with van der Waals surface area (Å²) < 4.78 is 13.2. The van der Waals surface area contributed by atoms with Gasteiger partial charge in [0.25, 0.3) is 0 Å². The van der Waals surface area contributed by atoms with E-state index in [0.717, 1.165) is 12.1 Å². The number of rotatable bonds is 5. The van der Waals surface area contributed by atoms with Crippen LogP contribution in [0.4, 0.5) is 4.39 Å². The minimum absolute atomic E-state index is 0.0234. The van der Waals surface area contributed by atoms with Crippen LogP contribution in [0, 0.1) is 5.82 Å². The van der Waals surface area contributed by atoms with Gasteiger partial charge in [-0.2, -0.15) is 0 Å². The highest BCUT2D eigenvalue weighted by molar-refractivity contribution is 6.30. The number of halogens is 2. The van der Waals surface area contributed by atoms with Gasteiger partial charge in [-0.15, -0.1) is 0 Å². The van der Waals surface area contributed by atoms with Gasteiger partial charge in [-0.05, 0) is 49.0 Å². The van der Waals surface area contributed by atoms with E-state index in [1.165, 1.54) is 12.1 Å². The highest BCUT2D eigenvalue weighted by Gasteiger charge is 2.28. The van der Waals surface area contributed by atoms with Gasteiger partial charge in [0.1, 0.15) is 5.82 Å². The number of ketones is 1. The van der Waals surface area contributed by atoms with Crippen molar-refractivity contribution in [3.05, 3.63) is 70.5 Å². The van der Waals surface area contributed by atoms with Gasteiger partial charge in [-0.25, -0.2) is 4.39 Å². The minimum atomic E-state index is -0.272. The van der Waals surface area contributed by atoms with E-state index >= 15 is 0 Å². The fourth-order valence-electron chi connectivity index (χ4n) is 3.30. The van der Waals surface area contributed by atoms with Crippen molar-refractivity contribution in [3.63, 3.8) is 0 Å². The molecule has 1 amide bonds. The van der Waals surface area contributed by atoms with E-state index in [1.807, 2.05) is 7.05 Å². The molecule has 0 bridgehead atoms. The van der Waals surface area contributed by atoms with Crippen LogP contribution in [0.2, 0.25) is 5.02 Å². The second kappa shape index (κ2) is 8.63. The van der Waals surface area contributed by atoms with Crippen LogP contribution in [-0.2, 0) is 4.79 Å². The largest absolute Gasteiger partial charge is 0.339 e. The number of likely N-dealkylation sites (N-methyl/N-ethyl adjacent to an activating group) is 1. The van der Waals surface area contributed by atoms with Crippen LogP contribution in [0.3, 0.4) is 0 Å². The Morgan fingerprint density at radius 1 is 1.04 bits per heavy atom. The maximum absolute atomic E-state index is 13.2. The van der Waals surface area contributed by atoms with Gasteiger partial charge in [-0.1, -0.05) is 23.7 Å². The molecule has 1 atom stereocenters. The van der Waals surface area contributed by atoms with Crippen molar-refractivity contribution in [1.82, 2.24) is 9.80 Å². The molecular weight excluding hydrogens is 367 g/mol. The van der Waals surface area contributed by atoms with Crippen LogP contribution >= 0.6 is 11.6 Å². The van der Waals surface area contributed by atoms with Crippen LogP contribution in [0.1, 0.15) is 34.8 Å². The Bertz CT molecular complexity index is 808. The first-order valence-corrected chi connectivity index (χ1v) is 9.34. The van der Waals surface area contributed by atoms with Crippen molar-refractivity contribution in [2.45, 2.75) is 18.9 Å². The van der Waals surface area contributed by atoms with Crippen molar-refractivity contribution in [2.24, 2.45) is 0 Å². The van der Waals surface area contributed by atoms with Gasteiger partial charge in [0.2, 0.25) is 5.91 Å². The van der Waals surface area contributed by atoms with Gasteiger partial charge in [0, 0.05) is 43.1 Å². The van der Waals surface area contributed by atoms with E-state index in [4.69, 9.17) is 11.6 Å². The number of amides is 1. The summed E-state index contributed by atoms with van der Waals surface area (Å²) in [5, 5.41) is 0.576. The normalized spacial score (nSPS) is 17.7. The highest BCUT2D eigenvalue weighted by Crippen LogP contribution is 2.25. The first-order valence-electron chi connectivity index (χ1n) is 8.96. The molecule has 0 aromatic heterocycles. The fourth-order valence-corrected chi connectivity index (χ4v) is 3.43. The number of Topliss-reactive ketones (excluding diaryl/α,β-unsaturated/α-hetero) is 1. The zero-order chi connectivity index (χ0) is 19.4. The molecule has 2 aromatic rings. The number of carbonyl (C=O) groups is 2. The lowest BCUT2D eigenvalue weighted by molar-refractivity contribution is -0.134. The standard InChI is InChI=1S/C21H22ClFN2O2/c1-24-12-13-25(14-19(24)15-4-8-18(23)9-5-15)21(27)11-10-20(26)16-2-6-17(22)7-3-16/h2-9,19H,10-14H2,1H3. The third-order valence-corrected chi connectivity index (χ3v) is 5.24. The molecule has 2 aromatic carbocycles. The summed E-state index contributed by atoms with van der Waals surface area (Å²) in [4.78, 5) is 28.8. The monoisotopic (exact) mass is 388 g/mol. The molecule has 0 aliphatic carbocycles. The lowest BCUT2D eigenvalue weighted by Crippen LogP contribution is -2.49. The number of piperazine rings is 1. The Balaban J connectivity index is 1.58. The van der Waals surface area contributed by atoms with Crippen LogP contribution in [0.15, 0.2) is 48.5 Å². The van der Waals surface area contributed by atoms with Crippen molar-refractivity contribution in [3.8, 4) is 0 Å². The molecule has 0 N–H and O–H groups in total. The fraction of sp³-hybridized carbons (Fsp3) is 0.333. The Hall–Kier alpha value is -2.24. The van der Waals surface area contributed by atoms with E-state index in [1.54, 1.807) is 41.3 Å². The molecule has 3 rings (SSSR count). The van der Waals surface area contributed by atoms with Gasteiger partial charge in [-0.3, -0.25) is 14.5 Å². The predicted octanol–water partition coefficient (Wildman–Crippen LogP) is 3.96. The van der Waals surface area contributed by atoms with E-state index in [9.17, 15) is 14.0 Å². The van der Waals surface area contributed by atoms with Gasteiger partial charge in [0.15, 0.2) is 5.78 Å². The number of carbonyl (C=O) groups excluding carboxylic acids is 2. The number of hydrogen-bond acceptors (Lipinski definition) is 3. The number of nitrogens with zero attached hydrogens (tertiary/aromatic N) is 2. The predicted molar refractivity (Wildman–Crippen MR) is 103 cm³/mol. The summed E-state index contributed by atoms with van der Waals surface area (Å²) in [7, 11) is 2.00. The van der Waals surface area contributed by atoms with E-state index in [-0.39, 0.29) is 36.4 Å². The quantitative estimate of drug-likeness (QED) is 0.728. The average Bonchev–Trinajstić information content (AvgIpc) is 2.67. The molecule has 142 valence electrons. The minimum Gasteiger partial charge on any atom is -0.339 e. The average molecular weight is 389 g/mol. The highest BCUT2D eigenvalue weighted by atomic mass is 35.5. The van der Waals surface area contributed by atoms with Crippen LogP contribution in [0.25, 0.3) is 0 Å². The Labute approximate surface area is 163 Å². The van der Waals surface area contributed by atoms with Gasteiger partial charge >= 0.3 is 0 Å². The topological polar surface area (TPSA) is 40.6 Å². The SMILES string of the molecule is CN1CCN(C(=O)CCC(=O)c2ccc(Cl)cc2)CC1c1ccc(F)cc1. The summed E-state index contributed by atoms with van der Waals surface area (Å²) in [5.74, 6) is -0.368. The van der Waals surface area contributed by atoms with Crippen molar-refractivity contribution in [1.29, 1.82) is 0 Å². The molecule has 1 unspecified atom stereocenters. The Kier molecular flexibility index (Phi) is 6.24. The van der Waals surface area contributed by atoms with Crippen molar-refractivity contribution in [2.75, 3.05) is 26.7 Å². The third-order valence-electron chi connectivity index (χ3n) is 4.99. The maximum atomic E-state index is 13.2. The Morgan fingerprint density at radius 3 is 2.37 bits per heavy atom. The van der Waals surface area contributed by atoms with E-state index in [0.29, 0.717) is 23.7 Å². The third kappa shape index (κ3) is 4.93.